The number of aliphatic hydroxyl groups excluding tert-OH is 1. The van der Waals surface area contributed by atoms with Gasteiger partial charge in [-0.15, -0.1) is 0 Å². The van der Waals surface area contributed by atoms with E-state index >= 15 is 0 Å². The molecule has 1 unspecified atom stereocenters. The van der Waals surface area contributed by atoms with Crippen molar-refractivity contribution in [2.45, 2.75) is 13.0 Å². The zero-order valence-electron chi connectivity index (χ0n) is 17.1. The molecule has 1 aliphatic heterocycles. The van der Waals surface area contributed by atoms with Crippen LogP contribution in [0.25, 0.3) is 5.76 Å². The van der Waals surface area contributed by atoms with E-state index in [1.807, 2.05) is 6.92 Å². The van der Waals surface area contributed by atoms with E-state index in [2.05, 4.69) is 0 Å². The minimum Gasteiger partial charge on any atom is -0.507 e. The Bertz CT molecular complexity index is 1240. The number of hydrogen-bond donors (Lipinski definition) is 1. The Kier molecular flexibility index (Phi) is 5.97. The summed E-state index contributed by atoms with van der Waals surface area (Å²) in [5.41, 5.74) is 0.458. The first-order chi connectivity index (χ1) is 15.4. The van der Waals surface area contributed by atoms with Crippen molar-refractivity contribution in [2.24, 2.45) is 0 Å². The second-order valence-electron chi connectivity index (χ2n) is 7.13. The molecule has 162 valence electrons. The van der Waals surface area contributed by atoms with E-state index in [1.165, 1.54) is 24.3 Å². The van der Waals surface area contributed by atoms with Crippen molar-refractivity contribution in [3.8, 4) is 5.75 Å². The minimum atomic E-state index is -1.18. The Hall–Kier alpha value is -3.64. The van der Waals surface area contributed by atoms with Crippen LogP contribution in [-0.4, -0.2) is 23.4 Å². The number of aliphatic hydroxyl groups is 1. The molecule has 1 N–H and O–H groups in total. The molecule has 3 aromatic carbocycles. The van der Waals surface area contributed by atoms with Crippen molar-refractivity contribution < 1.29 is 23.8 Å². The Balaban J connectivity index is 1.95. The van der Waals surface area contributed by atoms with Crippen LogP contribution in [-0.2, 0) is 9.59 Å². The zero-order chi connectivity index (χ0) is 22.8. The maximum atomic E-state index is 14.9. The van der Waals surface area contributed by atoms with Gasteiger partial charge in [-0.1, -0.05) is 48.0 Å². The number of halogens is 2. The van der Waals surface area contributed by atoms with Crippen molar-refractivity contribution >= 4 is 34.7 Å². The van der Waals surface area contributed by atoms with E-state index in [-0.39, 0.29) is 16.7 Å². The summed E-state index contributed by atoms with van der Waals surface area (Å²) in [5.74, 6) is -2.34. The lowest BCUT2D eigenvalue weighted by Crippen LogP contribution is -2.29. The van der Waals surface area contributed by atoms with Crippen LogP contribution in [0.2, 0.25) is 5.02 Å². The van der Waals surface area contributed by atoms with Gasteiger partial charge in [0.25, 0.3) is 11.7 Å². The van der Waals surface area contributed by atoms with Gasteiger partial charge in [0.05, 0.1) is 18.2 Å². The van der Waals surface area contributed by atoms with Crippen LogP contribution in [0.4, 0.5) is 10.1 Å². The lowest BCUT2D eigenvalue weighted by Gasteiger charge is -2.26. The lowest BCUT2D eigenvalue weighted by molar-refractivity contribution is -0.132. The van der Waals surface area contributed by atoms with Crippen molar-refractivity contribution in [3.63, 3.8) is 0 Å². The normalized spacial score (nSPS) is 17.6. The summed E-state index contributed by atoms with van der Waals surface area (Å²) < 4.78 is 20.3. The molecular formula is C25H19ClFNO4. The van der Waals surface area contributed by atoms with Crippen LogP contribution in [0.15, 0.2) is 78.4 Å². The number of amides is 1. The van der Waals surface area contributed by atoms with Crippen molar-refractivity contribution in [3.05, 3.63) is 100 Å². The predicted octanol–water partition coefficient (Wildman–Crippen LogP) is 5.50. The van der Waals surface area contributed by atoms with Crippen LogP contribution in [0.5, 0.6) is 5.75 Å². The second-order valence-corrected chi connectivity index (χ2v) is 7.57. The first-order valence-electron chi connectivity index (χ1n) is 9.96. The summed E-state index contributed by atoms with van der Waals surface area (Å²) in [5, 5.41) is 11.5. The molecule has 1 heterocycles. The molecular weight excluding hydrogens is 433 g/mol. The van der Waals surface area contributed by atoms with Crippen molar-refractivity contribution in [2.75, 3.05) is 11.5 Å². The topological polar surface area (TPSA) is 66.8 Å². The molecule has 0 spiro atoms. The predicted molar refractivity (Wildman–Crippen MR) is 120 cm³/mol. The highest BCUT2D eigenvalue weighted by Crippen LogP contribution is 2.43. The molecule has 1 aliphatic rings. The van der Waals surface area contributed by atoms with Gasteiger partial charge >= 0.3 is 0 Å². The molecule has 3 aromatic rings. The first-order valence-corrected chi connectivity index (χ1v) is 10.3. The van der Waals surface area contributed by atoms with Crippen LogP contribution in [0.1, 0.15) is 24.1 Å². The monoisotopic (exact) mass is 451 g/mol. The lowest BCUT2D eigenvalue weighted by atomic mass is 9.94. The molecule has 1 amide bonds. The standard InChI is InChI=1S/C25H19ClFNO4/c1-2-32-18-10-5-7-15(13-18)23(29)21-22(19-11-3-4-12-20(19)27)28(25(31)24(21)30)17-9-6-8-16(26)14-17/h3-14,22,29H,2H2,1H3/b23-21+. The molecule has 4 rings (SSSR count). The minimum absolute atomic E-state index is 0.0780. The Morgan fingerprint density at radius 1 is 1.06 bits per heavy atom. The Morgan fingerprint density at radius 3 is 2.53 bits per heavy atom. The molecule has 7 heteroatoms. The number of ketones is 1. The van der Waals surface area contributed by atoms with Crippen molar-refractivity contribution in [1.29, 1.82) is 0 Å². The number of carbonyl (C=O) groups is 2. The molecule has 0 radical (unpaired) electrons. The van der Waals surface area contributed by atoms with Crippen molar-refractivity contribution in [1.82, 2.24) is 0 Å². The highest BCUT2D eigenvalue weighted by molar-refractivity contribution is 6.51. The Morgan fingerprint density at radius 2 is 1.81 bits per heavy atom. The summed E-state index contributed by atoms with van der Waals surface area (Å²) in [6, 6.07) is 17.5. The third-order valence-corrected chi connectivity index (χ3v) is 5.38. The second kappa shape index (κ2) is 8.85. The molecule has 0 aromatic heterocycles. The number of carbonyl (C=O) groups excluding carboxylic acids is 2. The number of Topliss-reactive ketones (excluding diaryl/α,β-unsaturated/α-hetero) is 1. The molecule has 1 fully saturated rings. The summed E-state index contributed by atoms with van der Waals surface area (Å²) in [6.07, 6.45) is 0. The molecule has 0 aliphatic carbocycles. The van der Waals surface area contributed by atoms with Crippen LogP contribution in [0, 0.1) is 5.82 Å². The number of nitrogens with zero attached hydrogens (tertiary/aromatic N) is 1. The largest absolute Gasteiger partial charge is 0.507 e. The molecule has 0 saturated carbocycles. The first kappa shape index (κ1) is 21.6. The fourth-order valence-electron chi connectivity index (χ4n) is 3.77. The quantitative estimate of drug-likeness (QED) is 0.316. The van der Waals surface area contributed by atoms with Crippen LogP contribution in [0.3, 0.4) is 0 Å². The number of rotatable bonds is 5. The zero-order valence-corrected chi connectivity index (χ0v) is 17.8. The third-order valence-electron chi connectivity index (χ3n) is 5.15. The number of benzene rings is 3. The summed E-state index contributed by atoms with van der Waals surface area (Å²) in [4.78, 5) is 27.3. The van der Waals surface area contributed by atoms with Crippen LogP contribution < -0.4 is 9.64 Å². The Labute approximate surface area is 189 Å². The van der Waals surface area contributed by atoms with Gasteiger partial charge in [-0.2, -0.15) is 0 Å². The number of hydrogen-bond acceptors (Lipinski definition) is 4. The van der Waals surface area contributed by atoms with Gasteiger partial charge < -0.3 is 9.84 Å². The van der Waals surface area contributed by atoms with Gasteiger partial charge in [0, 0.05) is 21.8 Å². The fourth-order valence-corrected chi connectivity index (χ4v) is 3.96. The van der Waals surface area contributed by atoms with E-state index < -0.39 is 29.3 Å². The van der Waals surface area contributed by atoms with E-state index in [1.54, 1.807) is 48.5 Å². The van der Waals surface area contributed by atoms with E-state index in [0.717, 1.165) is 4.90 Å². The smallest absolute Gasteiger partial charge is 0.300 e. The fraction of sp³-hybridized carbons (Fsp3) is 0.120. The van der Waals surface area contributed by atoms with Gasteiger partial charge in [-0.05, 0) is 43.3 Å². The highest BCUT2D eigenvalue weighted by Gasteiger charge is 2.47. The molecule has 32 heavy (non-hydrogen) atoms. The van der Waals surface area contributed by atoms with Gasteiger partial charge in [0.2, 0.25) is 0 Å². The van der Waals surface area contributed by atoms with E-state index in [0.29, 0.717) is 23.1 Å². The number of ether oxygens (including phenoxy) is 1. The summed E-state index contributed by atoms with van der Waals surface area (Å²) in [6.45, 7) is 2.24. The molecule has 0 bridgehead atoms. The highest BCUT2D eigenvalue weighted by atomic mass is 35.5. The maximum Gasteiger partial charge on any atom is 0.300 e. The van der Waals surface area contributed by atoms with Gasteiger partial charge in [0.1, 0.15) is 17.3 Å². The van der Waals surface area contributed by atoms with Gasteiger partial charge in [0.15, 0.2) is 0 Å². The summed E-state index contributed by atoms with van der Waals surface area (Å²) in [7, 11) is 0. The molecule has 1 atom stereocenters. The number of anilines is 1. The van der Waals surface area contributed by atoms with Crippen LogP contribution >= 0.6 is 11.6 Å². The van der Waals surface area contributed by atoms with Gasteiger partial charge in [-0.25, -0.2) is 4.39 Å². The molecule has 5 nitrogen and oxygen atoms in total. The SMILES string of the molecule is CCOc1cccc(/C(O)=C2\C(=O)C(=O)N(c3cccc(Cl)c3)C2c2ccccc2F)c1. The summed E-state index contributed by atoms with van der Waals surface area (Å²) >= 11 is 6.10. The van der Waals surface area contributed by atoms with Gasteiger partial charge in [-0.3, -0.25) is 14.5 Å². The molecule has 1 saturated heterocycles. The maximum absolute atomic E-state index is 14.9. The average Bonchev–Trinajstić information content (AvgIpc) is 3.04. The third kappa shape index (κ3) is 3.85. The average molecular weight is 452 g/mol. The van der Waals surface area contributed by atoms with E-state index in [4.69, 9.17) is 16.3 Å². The van der Waals surface area contributed by atoms with E-state index in [9.17, 15) is 19.1 Å².